The van der Waals surface area contributed by atoms with Crippen LogP contribution >= 0.6 is 11.6 Å². The molecule has 0 spiro atoms. The Morgan fingerprint density at radius 2 is 1.76 bits per heavy atom. The van der Waals surface area contributed by atoms with Crippen LogP contribution < -0.4 is 5.32 Å². The van der Waals surface area contributed by atoms with Crippen molar-refractivity contribution < 1.29 is 14.6 Å². The summed E-state index contributed by atoms with van der Waals surface area (Å²) >= 11 is 5.91. The van der Waals surface area contributed by atoms with Crippen molar-refractivity contribution in [3.05, 3.63) is 101 Å². The molecule has 170 valence electrons. The van der Waals surface area contributed by atoms with Crippen molar-refractivity contribution in [3.8, 4) is 0 Å². The lowest BCUT2D eigenvalue weighted by atomic mass is 10.2. The molecular weight excluding hydrogens is 438 g/mol. The number of rotatable bonds is 10. The molecule has 1 atom stereocenters. The van der Waals surface area contributed by atoms with Gasteiger partial charge < -0.3 is 19.7 Å². The van der Waals surface area contributed by atoms with Crippen LogP contribution in [0.3, 0.4) is 0 Å². The first-order valence-corrected chi connectivity index (χ1v) is 11.3. The first kappa shape index (κ1) is 23.0. The fourth-order valence-corrected chi connectivity index (χ4v) is 3.78. The van der Waals surface area contributed by atoms with E-state index in [1.54, 1.807) is 12.1 Å². The highest BCUT2D eigenvalue weighted by molar-refractivity contribution is 6.30. The van der Waals surface area contributed by atoms with Crippen molar-refractivity contribution in [1.29, 1.82) is 0 Å². The lowest BCUT2D eigenvalue weighted by Gasteiger charge is -2.15. The third-order valence-corrected chi connectivity index (χ3v) is 5.54. The first-order chi connectivity index (χ1) is 16.1. The van der Waals surface area contributed by atoms with E-state index in [0.29, 0.717) is 36.7 Å². The van der Waals surface area contributed by atoms with Crippen molar-refractivity contribution >= 4 is 28.5 Å². The van der Waals surface area contributed by atoms with Gasteiger partial charge in [0, 0.05) is 23.6 Å². The second-order valence-corrected chi connectivity index (χ2v) is 8.23. The van der Waals surface area contributed by atoms with E-state index < -0.39 is 6.10 Å². The number of carbonyl (C=O) groups is 1. The Hall–Kier alpha value is -3.19. The van der Waals surface area contributed by atoms with Crippen LogP contribution in [0, 0.1) is 0 Å². The van der Waals surface area contributed by atoms with Crippen LogP contribution in [0.4, 0.5) is 0 Å². The Kier molecular flexibility index (Phi) is 7.73. The zero-order chi connectivity index (χ0) is 23.0. The third kappa shape index (κ3) is 6.20. The van der Waals surface area contributed by atoms with Gasteiger partial charge in [0.1, 0.15) is 5.82 Å². The van der Waals surface area contributed by atoms with Gasteiger partial charge in [-0.25, -0.2) is 4.98 Å². The molecule has 33 heavy (non-hydrogen) atoms. The Morgan fingerprint density at radius 1 is 1.03 bits per heavy atom. The Morgan fingerprint density at radius 3 is 2.55 bits per heavy atom. The van der Waals surface area contributed by atoms with E-state index in [9.17, 15) is 9.90 Å². The van der Waals surface area contributed by atoms with Gasteiger partial charge in [0.2, 0.25) is 0 Å². The van der Waals surface area contributed by atoms with Gasteiger partial charge in [0.15, 0.2) is 0 Å². The van der Waals surface area contributed by atoms with E-state index in [2.05, 4.69) is 5.32 Å². The fourth-order valence-electron chi connectivity index (χ4n) is 3.66. The van der Waals surface area contributed by atoms with Crippen LogP contribution in [0.1, 0.15) is 21.7 Å². The van der Waals surface area contributed by atoms with Gasteiger partial charge in [-0.2, -0.15) is 0 Å². The summed E-state index contributed by atoms with van der Waals surface area (Å²) in [6.45, 7) is 1.39. The molecule has 4 aromatic rings. The number of hydrogen-bond donors (Lipinski definition) is 2. The van der Waals surface area contributed by atoms with Crippen molar-refractivity contribution in [2.24, 2.45) is 0 Å². The summed E-state index contributed by atoms with van der Waals surface area (Å²) in [5, 5.41) is 14.2. The van der Waals surface area contributed by atoms with Crippen molar-refractivity contribution in [2.75, 3.05) is 13.2 Å². The van der Waals surface area contributed by atoms with Crippen LogP contribution in [0.5, 0.6) is 0 Å². The zero-order valence-corrected chi connectivity index (χ0v) is 18.9. The van der Waals surface area contributed by atoms with Crippen LogP contribution in [-0.4, -0.2) is 39.8 Å². The standard InChI is InChI=1S/C26H26ClN3O3/c27-21-12-10-19(11-13-21)17-33-18-22(31)16-30-24-9-5-4-8-23(24)29-25(30)14-15-28-26(32)20-6-2-1-3-7-20/h1-13,22,31H,14-18H2,(H,28,32). The van der Waals surface area contributed by atoms with Gasteiger partial charge in [-0.15, -0.1) is 0 Å². The van der Waals surface area contributed by atoms with Gasteiger partial charge in [-0.3, -0.25) is 4.79 Å². The number of nitrogens with zero attached hydrogens (tertiary/aromatic N) is 2. The number of hydrogen-bond acceptors (Lipinski definition) is 4. The smallest absolute Gasteiger partial charge is 0.251 e. The number of aliphatic hydroxyl groups excluding tert-OH is 1. The molecule has 0 aliphatic heterocycles. The Balaban J connectivity index is 1.37. The van der Waals surface area contributed by atoms with Gasteiger partial charge in [0.25, 0.3) is 5.91 Å². The van der Waals surface area contributed by atoms with E-state index in [4.69, 9.17) is 21.3 Å². The molecule has 0 aliphatic carbocycles. The molecule has 0 aliphatic rings. The molecule has 4 rings (SSSR count). The number of imidazole rings is 1. The van der Waals surface area contributed by atoms with Crippen LogP contribution in [-0.2, 0) is 24.3 Å². The monoisotopic (exact) mass is 463 g/mol. The van der Waals surface area contributed by atoms with Crippen LogP contribution in [0.15, 0.2) is 78.9 Å². The Bertz CT molecular complexity index is 1190. The van der Waals surface area contributed by atoms with Crippen LogP contribution in [0.25, 0.3) is 11.0 Å². The maximum Gasteiger partial charge on any atom is 0.251 e. The summed E-state index contributed by atoms with van der Waals surface area (Å²) in [6, 6.07) is 24.4. The number of benzene rings is 3. The predicted molar refractivity (Wildman–Crippen MR) is 129 cm³/mol. The quantitative estimate of drug-likeness (QED) is 0.369. The van der Waals surface area contributed by atoms with Crippen molar-refractivity contribution in [2.45, 2.75) is 25.7 Å². The molecule has 0 fully saturated rings. The second kappa shape index (κ2) is 11.1. The first-order valence-electron chi connectivity index (χ1n) is 10.9. The predicted octanol–water partition coefficient (Wildman–Crippen LogP) is 4.24. The molecule has 0 saturated carbocycles. The van der Waals surface area contributed by atoms with E-state index in [-0.39, 0.29) is 12.5 Å². The minimum absolute atomic E-state index is 0.117. The zero-order valence-electron chi connectivity index (χ0n) is 18.2. The highest BCUT2D eigenvalue weighted by Gasteiger charge is 2.15. The van der Waals surface area contributed by atoms with Gasteiger partial charge in [-0.1, -0.05) is 54.1 Å². The molecule has 6 nitrogen and oxygen atoms in total. The van der Waals surface area contributed by atoms with Crippen LogP contribution in [0.2, 0.25) is 5.02 Å². The summed E-state index contributed by atoms with van der Waals surface area (Å²) in [4.78, 5) is 17.0. The highest BCUT2D eigenvalue weighted by atomic mass is 35.5. The molecule has 1 unspecified atom stereocenters. The van der Waals surface area contributed by atoms with Gasteiger partial charge in [-0.05, 0) is 42.0 Å². The fraction of sp³-hybridized carbons (Fsp3) is 0.231. The summed E-state index contributed by atoms with van der Waals surface area (Å²) in [7, 11) is 0. The number of fused-ring (bicyclic) bond motifs is 1. The average molecular weight is 464 g/mol. The second-order valence-electron chi connectivity index (χ2n) is 7.79. The van der Waals surface area contributed by atoms with Crippen molar-refractivity contribution in [3.63, 3.8) is 0 Å². The number of para-hydroxylation sites is 2. The molecule has 1 aromatic heterocycles. The minimum atomic E-state index is -0.701. The van der Waals surface area contributed by atoms with E-state index >= 15 is 0 Å². The van der Waals surface area contributed by atoms with E-state index in [0.717, 1.165) is 22.4 Å². The molecule has 0 saturated heterocycles. The van der Waals surface area contributed by atoms with E-state index in [1.807, 2.05) is 71.3 Å². The SMILES string of the molecule is O=C(NCCc1nc2ccccc2n1CC(O)COCc1ccc(Cl)cc1)c1ccccc1. The summed E-state index contributed by atoms with van der Waals surface area (Å²) in [5.74, 6) is 0.690. The molecule has 2 N–H and O–H groups in total. The summed E-state index contributed by atoms with van der Waals surface area (Å²) < 4.78 is 7.70. The molecule has 7 heteroatoms. The number of carbonyl (C=O) groups excluding carboxylic acids is 1. The molecule has 1 heterocycles. The lowest BCUT2D eigenvalue weighted by molar-refractivity contribution is 0.0205. The van der Waals surface area contributed by atoms with Gasteiger partial charge in [0.05, 0.1) is 36.9 Å². The summed E-state index contributed by atoms with van der Waals surface area (Å²) in [5.41, 5.74) is 3.42. The number of ether oxygens (including phenoxy) is 1. The number of amides is 1. The molecule has 1 amide bonds. The average Bonchev–Trinajstić information content (AvgIpc) is 3.18. The largest absolute Gasteiger partial charge is 0.389 e. The van der Waals surface area contributed by atoms with Crippen molar-refractivity contribution in [1.82, 2.24) is 14.9 Å². The maximum absolute atomic E-state index is 12.3. The lowest BCUT2D eigenvalue weighted by Crippen LogP contribution is -2.27. The summed E-state index contributed by atoms with van der Waals surface area (Å²) in [6.07, 6.45) is -0.154. The minimum Gasteiger partial charge on any atom is -0.389 e. The molecule has 3 aromatic carbocycles. The molecule has 0 radical (unpaired) electrons. The number of halogens is 1. The number of aromatic nitrogens is 2. The third-order valence-electron chi connectivity index (χ3n) is 5.29. The number of nitrogens with one attached hydrogen (secondary N) is 1. The number of aliphatic hydroxyl groups is 1. The van der Waals surface area contributed by atoms with Gasteiger partial charge >= 0.3 is 0 Å². The highest BCUT2D eigenvalue weighted by Crippen LogP contribution is 2.17. The Labute approximate surface area is 197 Å². The normalized spacial score (nSPS) is 12.1. The maximum atomic E-state index is 12.3. The molecule has 0 bridgehead atoms. The topological polar surface area (TPSA) is 76.4 Å². The van der Waals surface area contributed by atoms with E-state index in [1.165, 1.54) is 0 Å². The molecular formula is C26H26ClN3O3.